The molecule has 1 unspecified atom stereocenters. The van der Waals surface area contributed by atoms with Crippen molar-refractivity contribution in [3.05, 3.63) is 0 Å². The number of alkyl halides is 1. The van der Waals surface area contributed by atoms with Gasteiger partial charge >= 0.3 is 0 Å². The number of hydrogen-bond donors (Lipinski definition) is 1. The molecule has 0 radical (unpaired) electrons. The van der Waals surface area contributed by atoms with Crippen LogP contribution in [-0.2, 0) is 4.79 Å². The first-order chi connectivity index (χ1) is 11.3. The molecule has 0 spiro atoms. The van der Waals surface area contributed by atoms with Gasteiger partial charge in [-0.1, -0.05) is 80.6 Å². The molecule has 1 fully saturated rings. The lowest BCUT2D eigenvalue weighted by Crippen LogP contribution is -2.36. The van der Waals surface area contributed by atoms with Gasteiger partial charge in [0.1, 0.15) is 0 Å². The molecule has 1 saturated carbocycles. The number of carbonyl (C=O) groups is 1. The second-order valence-corrected chi connectivity index (χ2v) is 8.04. The van der Waals surface area contributed by atoms with Crippen LogP contribution in [0.25, 0.3) is 0 Å². The fraction of sp³-hybridized carbons (Fsp3) is 0.950. The van der Waals surface area contributed by atoms with Crippen molar-refractivity contribution in [3.63, 3.8) is 0 Å². The fourth-order valence-electron chi connectivity index (χ4n) is 3.82. The average molecular weight is 388 g/mol. The van der Waals surface area contributed by atoms with Crippen LogP contribution >= 0.6 is 15.9 Å². The number of carbonyl (C=O) groups excluding carboxylic acids is 1. The van der Waals surface area contributed by atoms with Crippen molar-refractivity contribution >= 4 is 21.8 Å². The first-order valence-electron chi connectivity index (χ1n) is 10.1. The van der Waals surface area contributed by atoms with E-state index < -0.39 is 0 Å². The fourth-order valence-corrected chi connectivity index (χ4v) is 4.22. The van der Waals surface area contributed by atoms with Crippen LogP contribution in [0, 0.1) is 11.8 Å². The lowest BCUT2D eigenvalue weighted by atomic mass is 9.77. The van der Waals surface area contributed by atoms with Gasteiger partial charge in [-0.3, -0.25) is 4.79 Å². The monoisotopic (exact) mass is 387 g/mol. The zero-order valence-corrected chi connectivity index (χ0v) is 16.8. The van der Waals surface area contributed by atoms with E-state index in [9.17, 15) is 4.79 Å². The van der Waals surface area contributed by atoms with Crippen LogP contribution in [0.3, 0.4) is 0 Å². The molecule has 0 aromatic heterocycles. The van der Waals surface area contributed by atoms with E-state index in [-0.39, 0.29) is 5.92 Å². The lowest BCUT2D eigenvalue weighted by molar-refractivity contribution is -0.127. The van der Waals surface area contributed by atoms with Crippen LogP contribution in [0.5, 0.6) is 0 Å². The molecule has 0 bridgehead atoms. The molecule has 1 N–H and O–H groups in total. The minimum atomic E-state index is 0.285. The van der Waals surface area contributed by atoms with Crippen molar-refractivity contribution in [2.75, 3.05) is 11.9 Å². The summed E-state index contributed by atoms with van der Waals surface area (Å²) in [5.74, 6) is 1.29. The van der Waals surface area contributed by atoms with Gasteiger partial charge in [-0.05, 0) is 38.0 Å². The smallest absolute Gasteiger partial charge is 0.223 e. The van der Waals surface area contributed by atoms with Crippen molar-refractivity contribution in [2.45, 2.75) is 96.8 Å². The molecule has 1 aliphatic rings. The Labute approximate surface area is 152 Å². The number of rotatable bonds is 13. The van der Waals surface area contributed by atoms with Crippen LogP contribution in [0.15, 0.2) is 0 Å². The maximum atomic E-state index is 12.7. The molecule has 1 amide bonds. The highest BCUT2D eigenvalue weighted by Crippen LogP contribution is 2.33. The van der Waals surface area contributed by atoms with E-state index in [1.807, 2.05) is 0 Å². The summed E-state index contributed by atoms with van der Waals surface area (Å²) in [5.41, 5.74) is 0. The number of unbranched alkanes of at least 4 members (excludes halogenated alkanes) is 6. The molecule has 1 atom stereocenters. The summed E-state index contributed by atoms with van der Waals surface area (Å²) in [6, 6.07) is 0. The Bertz CT molecular complexity index is 289. The predicted molar refractivity (Wildman–Crippen MR) is 104 cm³/mol. The van der Waals surface area contributed by atoms with Crippen LogP contribution in [0.2, 0.25) is 0 Å². The summed E-state index contributed by atoms with van der Waals surface area (Å²) in [7, 11) is 0. The van der Waals surface area contributed by atoms with E-state index >= 15 is 0 Å². The largest absolute Gasteiger partial charge is 0.356 e. The molecule has 0 aromatic carbocycles. The van der Waals surface area contributed by atoms with Gasteiger partial charge < -0.3 is 5.32 Å². The second-order valence-electron chi connectivity index (χ2n) is 7.25. The lowest BCUT2D eigenvalue weighted by Gasteiger charge is -2.29. The molecule has 3 heteroatoms. The summed E-state index contributed by atoms with van der Waals surface area (Å²) < 4.78 is 0. The Morgan fingerprint density at radius 1 is 1.00 bits per heavy atom. The quantitative estimate of drug-likeness (QED) is 0.294. The van der Waals surface area contributed by atoms with Crippen LogP contribution in [-0.4, -0.2) is 17.8 Å². The third kappa shape index (κ3) is 9.74. The zero-order valence-electron chi connectivity index (χ0n) is 15.3. The minimum absolute atomic E-state index is 0.285. The molecule has 1 rings (SSSR count). The SMILES string of the molecule is CCCCCCCC(C(=O)NCCCCCBr)C1CCCCC1. The van der Waals surface area contributed by atoms with Gasteiger partial charge in [-0.2, -0.15) is 0 Å². The first-order valence-corrected chi connectivity index (χ1v) is 11.3. The minimum Gasteiger partial charge on any atom is -0.356 e. The number of hydrogen-bond acceptors (Lipinski definition) is 1. The zero-order chi connectivity index (χ0) is 16.8. The van der Waals surface area contributed by atoms with Crippen molar-refractivity contribution < 1.29 is 4.79 Å². The Balaban J connectivity index is 2.34. The van der Waals surface area contributed by atoms with E-state index in [1.165, 1.54) is 77.0 Å². The highest BCUT2D eigenvalue weighted by atomic mass is 79.9. The topological polar surface area (TPSA) is 29.1 Å². The normalized spacial score (nSPS) is 17.1. The van der Waals surface area contributed by atoms with E-state index in [4.69, 9.17) is 0 Å². The Morgan fingerprint density at radius 2 is 1.70 bits per heavy atom. The highest BCUT2D eigenvalue weighted by Gasteiger charge is 2.28. The third-order valence-electron chi connectivity index (χ3n) is 5.28. The van der Waals surface area contributed by atoms with Crippen molar-refractivity contribution in [1.82, 2.24) is 5.32 Å². The number of amides is 1. The van der Waals surface area contributed by atoms with E-state index in [2.05, 4.69) is 28.2 Å². The van der Waals surface area contributed by atoms with E-state index in [0.29, 0.717) is 11.8 Å². The van der Waals surface area contributed by atoms with Gasteiger partial charge in [0.05, 0.1) is 0 Å². The molecule has 0 aliphatic heterocycles. The van der Waals surface area contributed by atoms with Crippen molar-refractivity contribution in [1.29, 1.82) is 0 Å². The predicted octanol–water partition coefficient (Wildman–Crippen LogP) is 6.22. The van der Waals surface area contributed by atoms with Gasteiger partial charge in [-0.15, -0.1) is 0 Å². The molecule has 0 heterocycles. The Kier molecular flexibility index (Phi) is 13.1. The van der Waals surface area contributed by atoms with Crippen LogP contribution < -0.4 is 5.32 Å². The molecule has 136 valence electrons. The Hall–Kier alpha value is -0.0500. The summed E-state index contributed by atoms with van der Waals surface area (Å²) in [6.45, 7) is 3.12. The molecule has 2 nitrogen and oxygen atoms in total. The standard InChI is InChI=1S/C20H38BrNO/c1-2-3-4-5-10-15-19(18-13-8-6-9-14-18)20(23)22-17-12-7-11-16-21/h18-19H,2-17H2,1H3,(H,22,23). The maximum Gasteiger partial charge on any atom is 0.223 e. The number of halogens is 1. The van der Waals surface area contributed by atoms with E-state index in [0.717, 1.165) is 24.7 Å². The molecule has 1 aliphatic carbocycles. The molecular formula is C20H38BrNO. The summed E-state index contributed by atoms with van der Waals surface area (Å²) >= 11 is 3.46. The summed E-state index contributed by atoms with van der Waals surface area (Å²) in [5, 5.41) is 4.31. The highest BCUT2D eigenvalue weighted by molar-refractivity contribution is 9.09. The molecule has 0 aromatic rings. The maximum absolute atomic E-state index is 12.7. The summed E-state index contributed by atoms with van der Waals surface area (Å²) in [6.07, 6.45) is 17.7. The van der Waals surface area contributed by atoms with Crippen LogP contribution in [0.1, 0.15) is 96.8 Å². The van der Waals surface area contributed by atoms with Crippen molar-refractivity contribution in [3.8, 4) is 0 Å². The molecule has 0 saturated heterocycles. The van der Waals surface area contributed by atoms with E-state index in [1.54, 1.807) is 0 Å². The average Bonchev–Trinajstić information content (AvgIpc) is 2.58. The van der Waals surface area contributed by atoms with Gasteiger partial charge in [0.2, 0.25) is 5.91 Å². The summed E-state index contributed by atoms with van der Waals surface area (Å²) in [4.78, 5) is 12.7. The second kappa shape index (κ2) is 14.3. The van der Waals surface area contributed by atoms with Gasteiger partial charge in [-0.25, -0.2) is 0 Å². The first kappa shape index (κ1) is 21.0. The van der Waals surface area contributed by atoms with Gasteiger partial charge in [0.25, 0.3) is 0 Å². The number of nitrogens with one attached hydrogen (secondary N) is 1. The van der Waals surface area contributed by atoms with Crippen LogP contribution in [0.4, 0.5) is 0 Å². The molecule has 23 heavy (non-hydrogen) atoms. The third-order valence-corrected chi connectivity index (χ3v) is 5.84. The van der Waals surface area contributed by atoms with Gasteiger partial charge in [0.15, 0.2) is 0 Å². The molecular weight excluding hydrogens is 350 g/mol. The Morgan fingerprint density at radius 3 is 2.39 bits per heavy atom. The van der Waals surface area contributed by atoms with Crippen molar-refractivity contribution in [2.24, 2.45) is 11.8 Å². The van der Waals surface area contributed by atoms with Gasteiger partial charge in [0, 0.05) is 17.8 Å².